The van der Waals surface area contributed by atoms with Crippen molar-refractivity contribution in [2.45, 2.75) is 69.5 Å². The van der Waals surface area contributed by atoms with Crippen molar-refractivity contribution >= 4 is 23.3 Å². The van der Waals surface area contributed by atoms with Crippen LogP contribution in [0.25, 0.3) is 0 Å². The molecular weight excluding hydrogens is 494 g/mol. The van der Waals surface area contributed by atoms with Crippen molar-refractivity contribution in [3.63, 3.8) is 0 Å². The highest BCUT2D eigenvalue weighted by Gasteiger charge is 2.52. The quantitative estimate of drug-likeness (QED) is 0.399. The Kier molecular flexibility index (Phi) is 7.40. The third-order valence-electron chi connectivity index (χ3n) is 8.42. The standard InChI is InChI=1S/C28H34F2N4O4/c1-38-24-12-9-18(15-31-24)28(33-22-13-20(29)21(30)14-23(22)34-28)25(16-5-3-2-4-6-16)26(35)32-19-10-7-17(8-11-19)27(36)37/h9,12-17,19,25,33-34H,2-8,10-11H2,1H3,(H,32,35)(H,36,37). The van der Waals surface area contributed by atoms with Gasteiger partial charge in [-0.15, -0.1) is 0 Å². The molecular formula is C28H34F2N4O4. The molecule has 1 unspecified atom stereocenters. The number of carboxylic acids is 1. The van der Waals surface area contributed by atoms with Crippen LogP contribution in [0.2, 0.25) is 0 Å². The summed E-state index contributed by atoms with van der Waals surface area (Å²) >= 11 is 0. The molecule has 204 valence electrons. The highest BCUT2D eigenvalue weighted by molar-refractivity contribution is 5.86. The van der Waals surface area contributed by atoms with Gasteiger partial charge in [-0.1, -0.05) is 19.3 Å². The van der Waals surface area contributed by atoms with Gasteiger partial charge in [0.2, 0.25) is 11.8 Å². The highest BCUT2D eigenvalue weighted by Crippen LogP contribution is 2.49. The van der Waals surface area contributed by atoms with Crippen LogP contribution in [0.1, 0.15) is 63.4 Å². The number of nitrogens with one attached hydrogen (secondary N) is 3. The number of carbonyl (C=O) groups excluding carboxylic acids is 1. The molecule has 0 radical (unpaired) electrons. The average molecular weight is 529 g/mol. The zero-order valence-electron chi connectivity index (χ0n) is 21.4. The van der Waals surface area contributed by atoms with Crippen molar-refractivity contribution in [1.29, 1.82) is 0 Å². The maximum absolute atomic E-state index is 14.2. The maximum Gasteiger partial charge on any atom is 0.306 e. The maximum atomic E-state index is 14.2. The van der Waals surface area contributed by atoms with Gasteiger partial charge in [0.05, 0.1) is 30.3 Å². The first kappa shape index (κ1) is 26.2. The monoisotopic (exact) mass is 528 g/mol. The Balaban J connectivity index is 1.52. The van der Waals surface area contributed by atoms with Gasteiger partial charge < -0.3 is 25.8 Å². The Morgan fingerprint density at radius 1 is 1.03 bits per heavy atom. The predicted molar refractivity (Wildman–Crippen MR) is 138 cm³/mol. The number of amides is 1. The van der Waals surface area contributed by atoms with Crippen molar-refractivity contribution < 1.29 is 28.2 Å². The van der Waals surface area contributed by atoms with Gasteiger partial charge in [-0.05, 0) is 50.5 Å². The lowest BCUT2D eigenvalue weighted by Gasteiger charge is -2.44. The van der Waals surface area contributed by atoms with Crippen LogP contribution in [0.4, 0.5) is 20.2 Å². The molecule has 0 saturated heterocycles. The van der Waals surface area contributed by atoms with Crippen molar-refractivity contribution in [1.82, 2.24) is 10.3 Å². The summed E-state index contributed by atoms with van der Waals surface area (Å²) in [4.78, 5) is 30.0. The average Bonchev–Trinajstić information content (AvgIpc) is 3.28. The highest BCUT2D eigenvalue weighted by atomic mass is 19.2. The van der Waals surface area contributed by atoms with Crippen molar-refractivity contribution in [3.8, 4) is 5.88 Å². The molecule has 1 atom stereocenters. The number of nitrogens with zero attached hydrogens (tertiary/aromatic N) is 1. The first-order valence-corrected chi connectivity index (χ1v) is 13.4. The second-order valence-corrected chi connectivity index (χ2v) is 10.7. The second-order valence-electron chi connectivity index (χ2n) is 10.7. The summed E-state index contributed by atoms with van der Waals surface area (Å²) in [5, 5.41) is 19.3. The van der Waals surface area contributed by atoms with E-state index < -0.39 is 29.2 Å². The molecule has 1 aromatic heterocycles. The molecule has 2 saturated carbocycles. The topological polar surface area (TPSA) is 113 Å². The first-order chi connectivity index (χ1) is 18.3. The number of benzene rings is 1. The number of ether oxygens (including phenoxy) is 1. The van der Waals surface area contributed by atoms with Gasteiger partial charge in [-0.2, -0.15) is 0 Å². The lowest BCUT2D eigenvalue weighted by Crippen LogP contribution is -2.57. The van der Waals surface area contributed by atoms with E-state index in [-0.39, 0.29) is 23.8 Å². The van der Waals surface area contributed by atoms with E-state index in [0.717, 1.165) is 44.2 Å². The largest absolute Gasteiger partial charge is 0.481 e. The Morgan fingerprint density at radius 2 is 1.66 bits per heavy atom. The number of carboxylic acid groups (broad SMARTS) is 1. The summed E-state index contributed by atoms with van der Waals surface area (Å²) in [6, 6.07) is 5.60. The molecule has 10 heteroatoms. The number of halogens is 2. The number of rotatable bonds is 7. The van der Waals surface area contributed by atoms with E-state index in [4.69, 9.17) is 4.74 Å². The van der Waals surface area contributed by atoms with E-state index in [1.165, 1.54) is 7.11 Å². The molecule has 1 amide bonds. The van der Waals surface area contributed by atoms with Crippen LogP contribution in [0, 0.1) is 29.4 Å². The second kappa shape index (κ2) is 10.7. The van der Waals surface area contributed by atoms with E-state index in [1.54, 1.807) is 12.3 Å². The van der Waals surface area contributed by atoms with Crippen molar-refractivity contribution in [3.05, 3.63) is 47.7 Å². The van der Waals surface area contributed by atoms with Crippen LogP contribution in [-0.4, -0.2) is 35.1 Å². The summed E-state index contributed by atoms with van der Waals surface area (Å²) in [6.07, 6.45) is 8.61. The number of carbonyl (C=O) groups is 2. The minimum Gasteiger partial charge on any atom is -0.481 e. The number of aromatic nitrogens is 1. The van der Waals surface area contributed by atoms with Crippen LogP contribution in [-0.2, 0) is 15.3 Å². The van der Waals surface area contributed by atoms with Crippen LogP contribution in [0.5, 0.6) is 5.88 Å². The smallest absolute Gasteiger partial charge is 0.306 e. The van der Waals surface area contributed by atoms with Crippen molar-refractivity contribution in [2.24, 2.45) is 17.8 Å². The van der Waals surface area contributed by atoms with Gasteiger partial charge >= 0.3 is 5.97 Å². The molecule has 3 aliphatic rings. The molecule has 1 aliphatic heterocycles. The molecule has 2 aliphatic carbocycles. The van der Waals surface area contributed by atoms with Gasteiger partial charge in [-0.3, -0.25) is 9.59 Å². The lowest BCUT2D eigenvalue weighted by molar-refractivity contribution is -0.142. The van der Waals surface area contributed by atoms with Gasteiger partial charge in [0, 0.05) is 36.0 Å². The number of fused-ring (bicyclic) bond motifs is 1. The summed E-state index contributed by atoms with van der Waals surface area (Å²) in [5.41, 5.74) is 0.188. The SMILES string of the molecule is COc1ccc(C2(C(C(=O)NC3CCC(C(=O)O)CC3)C3CCCCC3)Nc3cc(F)c(F)cc3N2)cn1. The summed E-state index contributed by atoms with van der Waals surface area (Å²) in [5.74, 6) is -3.51. The molecule has 8 nitrogen and oxygen atoms in total. The van der Waals surface area contributed by atoms with E-state index in [1.807, 2.05) is 6.07 Å². The number of aliphatic carboxylic acids is 1. The Labute approximate surface area is 220 Å². The third-order valence-corrected chi connectivity index (χ3v) is 8.42. The molecule has 5 rings (SSSR count). The summed E-state index contributed by atoms with van der Waals surface area (Å²) in [6.45, 7) is 0. The number of hydrogen-bond donors (Lipinski definition) is 4. The Bertz CT molecular complexity index is 1150. The van der Waals surface area contributed by atoms with Gasteiger partial charge in [0.15, 0.2) is 11.6 Å². The van der Waals surface area contributed by atoms with E-state index in [0.29, 0.717) is 48.5 Å². The Hall–Kier alpha value is -3.43. The summed E-state index contributed by atoms with van der Waals surface area (Å²) in [7, 11) is 1.52. The molecule has 2 aromatic rings. The van der Waals surface area contributed by atoms with E-state index in [9.17, 15) is 23.5 Å². The minimum atomic E-state index is -1.20. The lowest BCUT2D eigenvalue weighted by atomic mass is 9.71. The van der Waals surface area contributed by atoms with Gasteiger partial charge in [-0.25, -0.2) is 13.8 Å². The van der Waals surface area contributed by atoms with Crippen LogP contribution in [0.15, 0.2) is 30.5 Å². The fourth-order valence-corrected chi connectivity index (χ4v) is 6.43. The molecule has 2 fully saturated rings. The number of hydrogen-bond acceptors (Lipinski definition) is 6. The van der Waals surface area contributed by atoms with E-state index in [2.05, 4.69) is 20.9 Å². The fraction of sp³-hybridized carbons (Fsp3) is 0.536. The van der Waals surface area contributed by atoms with Gasteiger partial charge in [0.1, 0.15) is 5.66 Å². The fourth-order valence-electron chi connectivity index (χ4n) is 6.43. The number of methoxy groups -OCH3 is 1. The molecule has 0 spiro atoms. The van der Waals surface area contributed by atoms with Crippen LogP contribution in [0.3, 0.4) is 0 Å². The van der Waals surface area contributed by atoms with Gasteiger partial charge in [0.25, 0.3) is 0 Å². The molecule has 0 bridgehead atoms. The normalized spacial score (nSPS) is 23.4. The molecule has 4 N–H and O–H groups in total. The zero-order chi connectivity index (χ0) is 26.9. The van der Waals surface area contributed by atoms with Crippen molar-refractivity contribution in [2.75, 3.05) is 17.7 Å². The number of pyridine rings is 1. The first-order valence-electron chi connectivity index (χ1n) is 13.4. The zero-order valence-corrected chi connectivity index (χ0v) is 21.4. The Morgan fingerprint density at radius 3 is 2.18 bits per heavy atom. The summed E-state index contributed by atoms with van der Waals surface area (Å²) < 4.78 is 33.7. The third kappa shape index (κ3) is 5.00. The molecule has 2 heterocycles. The van der Waals surface area contributed by atoms with Crippen LogP contribution < -0.4 is 20.7 Å². The number of anilines is 2. The molecule has 1 aromatic carbocycles. The molecule has 38 heavy (non-hydrogen) atoms. The van der Waals surface area contributed by atoms with E-state index >= 15 is 0 Å². The minimum absolute atomic E-state index is 0.00483. The van der Waals surface area contributed by atoms with Crippen LogP contribution >= 0.6 is 0 Å². The predicted octanol–water partition coefficient (Wildman–Crippen LogP) is 5.01.